The highest BCUT2D eigenvalue weighted by Crippen LogP contribution is 2.29. The number of halogens is 2. The molecule has 9 heteroatoms. The van der Waals surface area contributed by atoms with Crippen molar-refractivity contribution in [3.05, 3.63) is 62.1 Å². The van der Waals surface area contributed by atoms with Crippen LogP contribution >= 0.6 is 23.2 Å². The summed E-state index contributed by atoms with van der Waals surface area (Å²) in [6, 6.07) is 9.29. The van der Waals surface area contributed by atoms with E-state index in [1.54, 1.807) is 24.1 Å². The van der Waals surface area contributed by atoms with Gasteiger partial charge in [-0.1, -0.05) is 29.3 Å². The Morgan fingerprint density at radius 2 is 1.96 bits per heavy atom. The molecule has 0 bridgehead atoms. The standard InChI is InChI=1S/C17H17Cl2N3O4/c1-21(9-11-3-5-13(18)14(19)7-11)10-17(23)20-15-6-4-12(22(24)25)8-16(15)26-2/h3-8H,9-10H2,1-2H3,(H,20,23). The van der Waals surface area contributed by atoms with E-state index >= 15 is 0 Å². The van der Waals surface area contributed by atoms with Gasteiger partial charge in [-0.2, -0.15) is 0 Å². The maximum Gasteiger partial charge on any atom is 0.273 e. The summed E-state index contributed by atoms with van der Waals surface area (Å²) >= 11 is 11.9. The monoisotopic (exact) mass is 397 g/mol. The summed E-state index contributed by atoms with van der Waals surface area (Å²) < 4.78 is 5.10. The normalized spacial score (nSPS) is 10.7. The molecule has 0 spiro atoms. The van der Waals surface area contributed by atoms with E-state index in [-0.39, 0.29) is 23.9 Å². The molecule has 0 aliphatic heterocycles. The van der Waals surface area contributed by atoms with Gasteiger partial charge in [-0.05, 0) is 30.8 Å². The summed E-state index contributed by atoms with van der Waals surface area (Å²) in [7, 11) is 3.17. The SMILES string of the molecule is COc1cc([N+](=O)[O-])ccc1NC(=O)CN(C)Cc1ccc(Cl)c(Cl)c1. The Morgan fingerprint density at radius 3 is 2.58 bits per heavy atom. The molecule has 26 heavy (non-hydrogen) atoms. The van der Waals surface area contributed by atoms with E-state index < -0.39 is 4.92 Å². The van der Waals surface area contributed by atoms with Crippen molar-refractivity contribution in [1.82, 2.24) is 4.90 Å². The molecule has 0 heterocycles. The fourth-order valence-electron chi connectivity index (χ4n) is 2.34. The van der Waals surface area contributed by atoms with Crippen LogP contribution in [0.3, 0.4) is 0 Å². The van der Waals surface area contributed by atoms with Crippen molar-refractivity contribution in [2.75, 3.05) is 26.0 Å². The van der Waals surface area contributed by atoms with E-state index in [9.17, 15) is 14.9 Å². The second-order valence-electron chi connectivity index (χ2n) is 5.61. The van der Waals surface area contributed by atoms with Crippen LogP contribution in [0.25, 0.3) is 0 Å². The summed E-state index contributed by atoms with van der Waals surface area (Å²) in [6.45, 7) is 0.613. The van der Waals surface area contributed by atoms with Crippen LogP contribution in [-0.4, -0.2) is 36.4 Å². The zero-order valence-electron chi connectivity index (χ0n) is 14.2. The van der Waals surface area contributed by atoms with Crippen LogP contribution in [0, 0.1) is 10.1 Å². The van der Waals surface area contributed by atoms with E-state index in [4.69, 9.17) is 27.9 Å². The van der Waals surface area contributed by atoms with Crippen molar-refractivity contribution < 1.29 is 14.5 Å². The number of nitrogens with one attached hydrogen (secondary N) is 1. The van der Waals surface area contributed by atoms with E-state index in [1.165, 1.54) is 25.3 Å². The number of likely N-dealkylation sites (N-methyl/N-ethyl adjacent to an activating group) is 1. The number of ether oxygens (including phenoxy) is 1. The lowest BCUT2D eigenvalue weighted by molar-refractivity contribution is -0.384. The van der Waals surface area contributed by atoms with Gasteiger partial charge in [-0.15, -0.1) is 0 Å². The van der Waals surface area contributed by atoms with Crippen LogP contribution in [-0.2, 0) is 11.3 Å². The number of methoxy groups -OCH3 is 1. The van der Waals surface area contributed by atoms with Crippen LogP contribution in [0.5, 0.6) is 5.75 Å². The number of hydrogen-bond acceptors (Lipinski definition) is 5. The van der Waals surface area contributed by atoms with E-state index in [2.05, 4.69) is 5.32 Å². The number of amides is 1. The van der Waals surface area contributed by atoms with Gasteiger partial charge in [0, 0.05) is 12.6 Å². The molecule has 0 atom stereocenters. The number of benzene rings is 2. The van der Waals surface area contributed by atoms with Crippen molar-refractivity contribution in [3.63, 3.8) is 0 Å². The molecule has 0 unspecified atom stereocenters. The Hall–Kier alpha value is -2.35. The molecule has 0 saturated carbocycles. The molecule has 2 rings (SSSR count). The maximum absolute atomic E-state index is 12.2. The fourth-order valence-corrected chi connectivity index (χ4v) is 2.66. The van der Waals surface area contributed by atoms with Gasteiger partial charge >= 0.3 is 0 Å². The third kappa shape index (κ3) is 5.32. The first kappa shape index (κ1) is 20.0. The first-order valence-corrected chi connectivity index (χ1v) is 8.30. The van der Waals surface area contributed by atoms with Gasteiger partial charge in [-0.25, -0.2) is 0 Å². The number of hydrogen-bond donors (Lipinski definition) is 1. The highest BCUT2D eigenvalue weighted by molar-refractivity contribution is 6.42. The number of nitro groups is 1. The number of nitro benzene ring substituents is 1. The summed E-state index contributed by atoms with van der Waals surface area (Å²) in [5.41, 5.74) is 1.17. The van der Waals surface area contributed by atoms with Crippen molar-refractivity contribution in [1.29, 1.82) is 0 Å². The van der Waals surface area contributed by atoms with Gasteiger partial charge in [0.05, 0.1) is 40.4 Å². The third-order valence-electron chi connectivity index (χ3n) is 3.52. The fraction of sp³-hybridized carbons (Fsp3) is 0.235. The Morgan fingerprint density at radius 1 is 1.23 bits per heavy atom. The van der Waals surface area contributed by atoms with Gasteiger partial charge in [0.25, 0.3) is 5.69 Å². The number of nitrogens with zero attached hydrogens (tertiary/aromatic N) is 2. The van der Waals surface area contributed by atoms with Crippen LogP contribution in [0.4, 0.5) is 11.4 Å². The molecule has 2 aromatic rings. The van der Waals surface area contributed by atoms with E-state index in [0.29, 0.717) is 22.3 Å². The quantitative estimate of drug-likeness (QED) is 0.563. The van der Waals surface area contributed by atoms with E-state index in [1.807, 2.05) is 6.07 Å². The van der Waals surface area contributed by atoms with Crippen LogP contribution in [0.15, 0.2) is 36.4 Å². The lowest BCUT2D eigenvalue weighted by Crippen LogP contribution is -2.30. The maximum atomic E-state index is 12.2. The molecule has 0 fully saturated rings. The number of carbonyl (C=O) groups excluding carboxylic acids is 1. The van der Waals surface area contributed by atoms with Crippen LogP contribution in [0.1, 0.15) is 5.56 Å². The Labute approximate surface area is 160 Å². The minimum absolute atomic E-state index is 0.111. The smallest absolute Gasteiger partial charge is 0.273 e. The Balaban J connectivity index is 1.99. The first-order valence-electron chi connectivity index (χ1n) is 7.55. The molecule has 0 aliphatic carbocycles. The average molecular weight is 398 g/mol. The molecular formula is C17H17Cl2N3O4. The second kappa shape index (κ2) is 8.84. The summed E-state index contributed by atoms with van der Waals surface area (Å²) in [6.07, 6.45) is 0. The van der Waals surface area contributed by atoms with Crippen LogP contribution < -0.4 is 10.1 Å². The average Bonchev–Trinajstić information content (AvgIpc) is 2.58. The molecule has 0 aromatic heterocycles. The zero-order valence-corrected chi connectivity index (χ0v) is 15.7. The molecule has 7 nitrogen and oxygen atoms in total. The van der Waals surface area contributed by atoms with Crippen molar-refractivity contribution in [2.45, 2.75) is 6.54 Å². The van der Waals surface area contributed by atoms with Crippen LogP contribution in [0.2, 0.25) is 10.0 Å². The van der Waals surface area contributed by atoms with Gasteiger partial charge in [0.2, 0.25) is 5.91 Å². The predicted octanol–water partition coefficient (Wildman–Crippen LogP) is 3.98. The van der Waals surface area contributed by atoms with Gasteiger partial charge in [-0.3, -0.25) is 19.8 Å². The summed E-state index contributed by atoms with van der Waals surface area (Å²) in [4.78, 5) is 24.3. The lowest BCUT2D eigenvalue weighted by atomic mass is 10.2. The van der Waals surface area contributed by atoms with Crippen molar-refractivity contribution >= 4 is 40.5 Å². The highest BCUT2D eigenvalue weighted by Gasteiger charge is 2.14. The number of non-ortho nitro benzene ring substituents is 1. The molecule has 0 saturated heterocycles. The first-order chi connectivity index (χ1) is 12.3. The predicted molar refractivity (Wildman–Crippen MR) is 101 cm³/mol. The molecule has 138 valence electrons. The largest absolute Gasteiger partial charge is 0.494 e. The van der Waals surface area contributed by atoms with Gasteiger partial charge in [0.15, 0.2) is 0 Å². The molecule has 2 aromatic carbocycles. The second-order valence-corrected chi connectivity index (χ2v) is 6.43. The molecular weight excluding hydrogens is 381 g/mol. The number of anilines is 1. The summed E-state index contributed by atoms with van der Waals surface area (Å²) in [5.74, 6) is -0.0561. The van der Waals surface area contributed by atoms with Crippen molar-refractivity contribution in [2.24, 2.45) is 0 Å². The minimum Gasteiger partial charge on any atom is -0.494 e. The molecule has 1 N–H and O–H groups in total. The van der Waals surface area contributed by atoms with Gasteiger partial charge in [0.1, 0.15) is 5.75 Å². The summed E-state index contributed by atoms with van der Waals surface area (Å²) in [5, 5.41) is 14.4. The third-order valence-corrected chi connectivity index (χ3v) is 4.26. The Bertz CT molecular complexity index is 830. The van der Waals surface area contributed by atoms with E-state index in [0.717, 1.165) is 5.56 Å². The lowest BCUT2D eigenvalue weighted by Gasteiger charge is -2.17. The highest BCUT2D eigenvalue weighted by atomic mass is 35.5. The zero-order chi connectivity index (χ0) is 19.3. The number of carbonyl (C=O) groups is 1. The molecule has 1 amide bonds. The van der Waals surface area contributed by atoms with Crippen molar-refractivity contribution in [3.8, 4) is 5.75 Å². The van der Waals surface area contributed by atoms with Gasteiger partial charge < -0.3 is 10.1 Å². The topological polar surface area (TPSA) is 84.7 Å². The Kier molecular flexibility index (Phi) is 6.79. The minimum atomic E-state index is -0.529. The molecule has 0 radical (unpaired) electrons. The molecule has 0 aliphatic rings. The number of rotatable bonds is 7.